The largest absolute Gasteiger partial charge is 0.445 e. The van der Waals surface area contributed by atoms with Crippen LogP contribution in [-0.4, -0.2) is 35.6 Å². The van der Waals surface area contributed by atoms with Crippen LogP contribution in [0.4, 0.5) is 10.5 Å². The summed E-state index contributed by atoms with van der Waals surface area (Å²) < 4.78 is 5.52. The lowest BCUT2D eigenvalue weighted by molar-refractivity contribution is -0.127. The number of hydrogen-bond acceptors (Lipinski definition) is 5. The highest BCUT2D eigenvalue weighted by Crippen LogP contribution is 2.48. The highest BCUT2D eigenvalue weighted by molar-refractivity contribution is 6.34. The minimum atomic E-state index is -1.40. The molecule has 5 rings (SSSR count). The van der Waals surface area contributed by atoms with Crippen LogP contribution in [-0.2, 0) is 26.4 Å². The number of amides is 2. The molecule has 2 amide bonds. The molecule has 1 aromatic heterocycles. The van der Waals surface area contributed by atoms with Gasteiger partial charge in [-0.2, -0.15) is 0 Å². The summed E-state index contributed by atoms with van der Waals surface area (Å²) in [6, 6.07) is 20.9. The minimum Gasteiger partial charge on any atom is -0.445 e. The van der Waals surface area contributed by atoms with Crippen LogP contribution >= 0.6 is 23.2 Å². The van der Waals surface area contributed by atoms with Gasteiger partial charge >= 0.3 is 6.09 Å². The fourth-order valence-electron chi connectivity index (χ4n) is 6.20. The van der Waals surface area contributed by atoms with Crippen LogP contribution in [0, 0.1) is 0 Å². The summed E-state index contributed by atoms with van der Waals surface area (Å²) in [4.78, 5) is 30.8. The van der Waals surface area contributed by atoms with Crippen LogP contribution in [0.15, 0.2) is 72.9 Å². The Morgan fingerprint density at radius 2 is 1.78 bits per heavy atom. The van der Waals surface area contributed by atoms with Crippen LogP contribution in [0.3, 0.4) is 0 Å². The maximum absolute atomic E-state index is 14.1. The third-order valence-corrected chi connectivity index (χ3v) is 9.12. The second-order valence-corrected chi connectivity index (χ2v) is 12.5. The number of hydrogen-bond donors (Lipinski definition) is 3. The Morgan fingerprint density at radius 1 is 1.02 bits per heavy atom. The molecule has 0 saturated heterocycles. The molecule has 2 aliphatic rings. The van der Waals surface area contributed by atoms with Gasteiger partial charge in [-0.1, -0.05) is 73.3 Å². The number of benzene rings is 2. The topological polar surface area (TPSA) is 92.4 Å². The normalized spacial score (nSPS) is 20.7. The highest BCUT2D eigenvalue weighted by Gasteiger charge is 2.49. The van der Waals surface area contributed by atoms with Gasteiger partial charge in [-0.3, -0.25) is 9.78 Å². The lowest BCUT2D eigenvalue weighted by atomic mass is 9.71. The van der Waals surface area contributed by atoms with E-state index in [0.717, 1.165) is 54.6 Å². The summed E-state index contributed by atoms with van der Waals surface area (Å²) in [6.07, 6.45) is 6.35. The predicted molar refractivity (Wildman–Crippen MR) is 162 cm³/mol. The molecular formula is C32H36Cl2N4O3. The van der Waals surface area contributed by atoms with Crippen molar-refractivity contribution in [2.24, 2.45) is 0 Å². The quantitative estimate of drug-likeness (QED) is 0.240. The number of aromatic nitrogens is 1. The molecule has 1 aliphatic heterocycles. The van der Waals surface area contributed by atoms with E-state index in [2.05, 4.69) is 20.9 Å². The van der Waals surface area contributed by atoms with Crippen LogP contribution in [0.25, 0.3) is 0 Å². The monoisotopic (exact) mass is 594 g/mol. The van der Waals surface area contributed by atoms with Crippen molar-refractivity contribution >= 4 is 40.9 Å². The van der Waals surface area contributed by atoms with Crippen molar-refractivity contribution in [3.8, 4) is 0 Å². The Morgan fingerprint density at radius 3 is 2.51 bits per heavy atom. The van der Waals surface area contributed by atoms with Gasteiger partial charge in [0.25, 0.3) is 0 Å². The molecule has 1 saturated carbocycles. The number of pyridine rings is 1. The van der Waals surface area contributed by atoms with Crippen LogP contribution in [0.1, 0.15) is 62.3 Å². The molecule has 1 aliphatic carbocycles. The first-order valence-corrected chi connectivity index (χ1v) is 14.9. The van der Waals surface area contributed by atoms with Gasteiger partial charge in [0.15, 0.2) is 0 Å². The van der Waals surface area contributed by atoms with Gasteiger partial charge < -0.3 is 20.7 Å². The molecular weight excluding hydrogens is 559 g/mol. The van der Waals surface area contributed by atoms with Crippen LogP contribution in [0.2, 0.25) is 5.02 Å². The molecule has 3 aromatic rings. The molecule has 1 fully saturated rings. The third kappa shape index (κ3) is 6.47. The molecule has 2 heterocycles. The number of nitrogens with zero attached hydrogens (tertiary/aromatic N) is 1. The summed E-state index contributed by atoms with van der Waals surface area (Å²) >= 11 is 13.8. The van der Waals surface area contributed by atoms with E-state index in [1.807, 2.05) is 60.7 Å². The van der Waals surface area contributed by atoms with Gasteiger partial charge in [0.05, 0.1) is 4.87 Å². The second-order valence-electron chi connectivity index (χ2n) is 11.4. The number of carbonyl (C=O) groups is 2. The smallest absolute Gasteiger partial charge is 0.408 e. The number of ether oxygens (including phenoxy) is 1. The summed E-state index contributed by atoms with van der Waals surface area (Å²) in [6.45, 7) is 2.54. The summed E-state index contributed by atoms with van der Waals surface area (Å²) in [5.41, 5.74) is 1.69. The zero-order valence-electron chi connectivity index (χ0n) is 23.2. The Bertz CT molecular complexity index is 1370. The zero-order valence-corrected chi connectivity index (χ0v) is 24.7. The first-order chi connectivity index (χ1) is 19.7. The number of alkyl carbamates (subject to hydrolysis) is 1. The van der Waals surface area contributed by atoms with Gasteiger partial charge in [0, 0.05) is 53.1 Å². The fraction of sp³-hybridized carbons (Fsp3) is 0.406. The van der Waals surface area contributed by atoms with E-state index in [1.165, 1.54) is 0 Å². The minimum absolute atomic E-state index is 0.0788. The molecule has 216 valence electrons. The molecule has 9 heteroatoms. The fourth-order valence-corrected chi connectivity index (χ4v) is 7.14. The SMILES string of the molecule is C[C@@](CC1(Cl)CNc2cccc(Cl)c21)(NC(=O)OCc1ccccc1)C(=O)NCC1(c2ccccn2)CCCCC1. The lowest BCUT2D eigenvalue weighted by Crippen LogP contribution is -2.60. The maximum Gasteiger partial charge on any atom is 0.408 e. The van der Waals surface area contributed by atoms with Crippen molar-refractivity contribution in [1.29, 1.82) is 0 Å². The van der Waals surface area contributed by atoms with E-state index < -0.39 is 16.5 Å². The second kappa shape index (κ2) is 12.3. The Balaban J connectivity index is 1.38. The Hall–Kier alpha value is -3.29. The van der Waals surface area contributed by atoms with Crippen LogP contribution < -0.4 is 16.0 Å². The number of halogens is 2. The van der Waals surface area contributed by atoms with E-state index >= 15 is 0 Å². The van der Waals surface area contributed by atoms with Crippen molar-refractivity contribution in [2.75, 3.05) is 18.4 Å². The predicted octanol–water partition coefficient (Wildman–Crippen LogP) is 6.69. The van der Waals surface area contributed by atoms with Crippen LogP contribution in [0.5, 0.6) is 0 Å². The van der Waals surface area contributed by atoms with E-state index in [-0.39, 0.29) is 24.3 Å². The van der Waals surface area contributed by atoms with Crippen molar-refractivity contribution in [3.05, 3.63) is 94.8 Å². The Kier molecular flexibility index (Phi) is 8.76. The zero-order chi connectivity index (χ0) is 28.9. The molecule has 41 heavy (non-hydrogen) atoms. The van der Waals surface area contributed by atoms with Crippen molar-refractivity contribution < 1.29 is 14.3 Å². The molecule has 0 bridgehead atoms. The third-order valence-electron chi connectivity index (χ3n) is 8.35. The number of alkyl halides is 1. The molecule has 7 nitrogen and oxygen atoms in total. The Labute approximate surface area is 251 Å². The first kappa shape index (κ1) is 29.2. The molecule has 3 N–H and O–H groups in total. The molecule has 2 aromatic carbocycles. The molecule has 0 spiro atoms. The van der Waals surface area contributed by atoms with E-state index in [9.17, 15) is 9.59 Å². The molecule has 0 radical (unpaired) electrons. The lowest BCUT2D eigenvalue weighted by Gasteiger charge is -2.39. The average molecular weight is 596 g/mol. The van der Waals surface area contributed by atoms with Crippen molar-refractivity contribution in [1.82, 2.24) is 15.6 Å². The number of fused-ring (bicyclic) bond motifs is 1. The van der Waals surface area contributed by atoms with Gasteiger partial charge in [0.1, 0.15) is 12.1 Å². The van der Waals surface area contributed by atoms with Crippen molar-refractivity contribution in [3.63, 3.8) is 0 Å². The van der Waals surface area contributed by atoms with Crippen molar-refractivity contribution in [2.45, 2.75) is 67.9 Å². The van der Waals surface area contributed by atoms with E-state index in [0.29, 0.717) is 18.1 Å². The molecule has 1 unspecified atom stereocenters. The summed E-state index contributed by atoms with van der Waals surface area (Å²) in [7, 11) is 0. The summed E-state index contributed by atoms with van der Waals surface area (Å²) in [5, 5.41) is 9.85. The number of carbonyl (C=O) groups excluding carboxylic acids is 2. The van der Waals surface area contributed by atoms with E-state index in [4.69, 9.17) is 27.9 Å². The number of nitrogens with one attached hydrogen (secondary N) is 3. The van der Waals surface area contributed by atoms with Gasteiger partial charge in [-0.15, -0.1) is 11.6 Å². The maximum atomic E-state index is 14.1. The average Bonchev–Trinajstić information content (AvgIpc) is 3.33. The molecule has 2 atom stereocenters. The number of anilines is 1. The van der Waals surface area contributed by atoms with Gasteiger partial charge in [-0.25, -0.2) is 4.79 Å². The van der Waals surface area contributed by atoms with Gasteiger partial charge in [-0.05, 0) is 49.6 Å². The summed E-state index contributed by atoms with van der Waals surface area (Å²) in [5.74, 6) is -0.337. The number of rotatable bonds is 9. The van der Waals surface area contributed by atoms with E-state index in [1.54, 1.807) is 19.2 Å². The standard InChI is InChI=1S/C32H36Cl2N4O3/c1-30(38-29(40)41-19-23-11-4-2-5-12-23,20-32(34)22-36-25-14-10-13-24(33)27(25)32)28(39)37-21-31(16-7-3-8-17-31)26-15-6-9-18-35-26/h2,4-6,9-15,18,36H,3,7-8,16-17,19-22H2,1H3,(H,37,39)(H,38,40)/t30-,32?/m0/s1. The first-order valence-electron chi connectivity index (χ1n) is 14.1. The van der Waals surface area contributed by atoms with Gasteiger partial charge in [0.2, 0.25) is 5.91 Å². The highest BCUT2D eigenvalue weighted by atomic mass is 35.5.